The summed E-state index contributed by atoms with van der Waals surface area (Å²) in [6.45, 7) is 4.52. The van der Waals surface area contributed by atoms with Gasteiger partial charge in [0.25, 0.3) is 5.91 Å². The van der Waals surface area contributed by atoms with Crippen LogP contribution in [0.25, 0.3) is 10.9 Å². The van der Waals surface area contributed by atoms with Gasteiger partial charge >= 0.3 is 0 Å². The molecule has 5 N–H and O–H groups in total. The maximum Gasteiger partial charge on any atom is 0.272 e. The Labute approximate surface area is 133 Å². The second kappa shape index (κ2) is 4.64. The molecular weight excluding hydrogens is 294 g/mol. The molecule has 7 heteroatoms. The van der Waals surface area contributed by atoms with Crippen molar-refractivity contribution in [3.05, 3.63) is 35.0 Å². The number of rotatable bonds is 2. The van der Waals surface area contributed by atoms with Gasteiger partial charge in [0.15, 0.2) is 0 Å². The molecule has 0 radical (unpaired) electrons. The van der Waals surface area contributed by atoms with Gasteiger partial charge in [0, 0.05) is 40.8 Å². The van der Waals surface area contributed by atoms with Crippen LogP contribution in [0.3, 0.4) is 0 Å². The molecule has 1 aromatic carbocycles. The highest BCUT2D eigenvalue weighted by Crippen LogP contribution is 2.33. The molecular formula is C16H19N5O2. The predicted molar refractivity (Wildman–Crippen MR) is 87.0 cm³/mol. The van der Waals surface area contributed by atoms with Crippen LogP contribution >= 0.6 is 0 Å². The second-order valence-corrected chi connectivity index (χ2v) is 6.81. The number of nitrogens with two attached hydrogens (primary N) is 1. The van der Waals surface area contributed by atoms with Crippen molar-refractivity contribution in [2.75, 3.05) is 6.54 Å². The minimum atomic E-state index is -0.816. The maximum absolute atomic E-state index is 12.2. The van der Waals surface area contributed by atoms with Gasteiger partial charge in [-0.3, -0.25) is 9.69 Å². The van der Waals surface area contributed by atoms with Crippen LogP contribution < -0.4 is 11.2 Å². The monoisotopic (exact) mass is 313 g/mol. The summed E-state index contributed by atoms with van der Waals surface area (Å²) >= 11 is 0. The Morgan fingerprint density at radius 1 is 1.39 bits per heavy atom. The molecule has 120 valence electrons. The van der Waals surface area contributed by atoms with Gasteiger partial charge in [-0.15, -0.1) is 0 Å². The fourth-order valence-electron chi connectivity index (χ4n) is 3.37. The van der Waals surface area contributed by atoms with E-state index in [-0.39, 0.29) is 5.91 Å². The minimum absolute atomic E-state index is 0.217. The van der Waals surface area contributed by atoms with Gasteiger partial charge < -0.3 is 15.8 Å². The summed E-state index contributed by atoms with van der Waals surface area (Å²) in [4.78, 5) is 17.5. The Morgan fingerprint density at radius 2 is 2.17 bits per heavy atom. The molecule has 4 rings (SSSR count). The minimum Gasteiger partial charge on any atom is -0.376 e. The van der Waals surface area contributed by atoms with Crippen molar-refractivity contribution in [2.24, 2.45) is 10.8 Å². The number of amides is 1. The fraction of sp³-hybridized carbons (Fsp3) is 0.375. The Morgan fingerprint density at radius 3 is 2.91 bits per heavy atom. The number of aromatic amines is 1. The van der Waals surface area contributed by atoms with Crippen molar-refractivity contribution in [2.45, 2.75) is 32.2 Å². The van der Waals surface area contributed by atoms with E-state index in [2.05, 4.69) is 15.5 Å². The molecule has 1 atom stereocenters. The molecule has 3 heterocycles. The second-order valence-electron chi connectivity index (χ2n) is 6.81. The van der Waals surface area contributed by atoms with Crippen molar-refractivity contribution < 1.29 is 9.90 Å². The van der Waals surface area contributed by atoms with E-state index in [9.17, 15) is 9.90 Å². The first-order valence-electron chi connectivity index (χ1n) is 7.58. The zero-order valence-corrected chi connectivity index (χ0v) is 13.1. The molecule has 1 aromatic heterocycles. The number of H-pyrrole nitrogens is 1. The number of aliphatic hydroxyl groups excluding tert-OH is 1. The van der Waals surface area contributed by atoms with Crippen LogP contribution in [-0.4, -0.2) is 44.9 Å². The fourth-order valence-corrected chi connectivity index (χ4v) is 3.37. The standard InChI is InChI=1S/C16H19N5O2/c1-16(2,17)15(23)21-6-10-13-11(7-21)19-20-14(22)8-4-3-5-9(18-10)12(8)13/h3-5,15,18,23H,6-7,17H2,1-2H3,(H,20,22). The number of carbonyl (C=O) groups is 1. The number of hydrazone groups is 1. The molecule has 23 heavy (non-hydrogen) atoms. The number of carbonyl (C=O) groups excluding carboxylic acids is 1. The lowest BCUT2D eigenvalue weighted by Gasteiger charge is -2.38. The summed E-state index contributed by atoms with van der Waals surface area (Å²) < 4.78 is 0. The maximum atomic E-state index is 12.2. The zero-order chi connectivity index (χ0) is 16.4. The molecule has 1 amide bonds. The average Bonchev–Trinajstić information content (AvgIpc) is 2.81. The van der Waals surface area contributed by atoms with Gasteiger partial charge in [-0.1, -0.05) is 6.07 Å². The highest BCUT2D eigenvalue weighted by atomic mass is 16.3. The number of nitrogens with zero attached hydrogens (tertiary/aromatic N) is 2. The van der Waals surface area contributed by atoms with Gasteiger partial charge in [0.1, 0.15) is 6.23 Å². The van der Waals surface area contributed by atoms with Crippen molar-refractivity contribution in [3.8, 4) is 0 Å². The molecule has 2 aliphatic rings. The highest BCUT2D eigenvalue weighted by Gasteiger charge is 2.36. The van der Waals surface area contributed by atoms with E-state index in [4.69, 9.17) is 5.73 Å². The third-order valence-electron chi connectivity index (χ3n) is 4.45. The molecule has 0 fully saturated rings. The van der Waals surface area contributed by atoms with Crippen LogP contribution in [0, 0.1) is 0 Å². The first kappa shape index (κ1) is 14.4. The van der Waals surface area contributed by atoms with Gasteiger partial charge in [-0.25, -0.2) is 5.43 Å². The SMILES string of the molecule is CC(C)(N)C(O)N1CC2=NNC(=O)c3cccc4[nH]c(c2c34)C1. The quantitative estimate of drug-likeness (QED) is 0.647. The van der Waals surface area contributed by atoms with E-state index in [1.54, 1.807) is 19.9 Å². The Kier molecular flexibility index (Phi) is 2.90. The lowest BCUT2D eigenvalue weighted by Crippen LogP contribution is -2.56. The van der Waals surface area contributed by atoms with E-state index in [1.165, 1.54) is 0 Å². The Bertz CT molecular complexity index is 846. The normalized spacial score (nSPS) is 19.3. The van der Waals surface area contributed by atoms with Crippen LogP contribution in [0.15, 0.2) is 23.3 Å². The van der Waals surface area contributed by atoms with Gasteiger partial charge in [0.05, 0.1) is 11.3 Å². The molecule has 1 unspecified atom stereocenters. The summed E-state index contributed by atoms with van der Waals surface area (Å²) in [5.74, 6) is -0.217. The van der Waals surface area contributed by atoms with E-state index < -0.39 is 11.8 Å². The molecule has 0 saturated heterocycles. The number of hydrogen-bond acceptors (Lipinski definition) is 5. The van der Waals surface area contributed by atoms with Crippen molar-refractivity contribution in [1.82, 2.24) is 15.3 Å². The first-order valence-corrected chi connectivity index (χ1v) is 7.58. The van der Waals surface area contributed by atoms with Crippen LogP contribution in [0.1, 0.15) is 35.5 Å². The summed E-state index contributed by atoms with van der Waals surface area (Å²) in [6, 6.07) is 5.59. The number of aromatic nitrogens is 1. The molecule has 0 bridgehead atoms. The van der Waals surface area contributed by atoms with Gasteiger partial charge in [0.2, 0.25) is 0 Å². The predicted octanol–water partition coefficient (Wildman–Crippen LogP) is 0.487. The van der Waals surface area contributed by atoms with Crippen molar-refractivity contribution in [3.63, 3.8) is 0 Å². The van der Waals surface area contributed by atoms with Crippen LogP contribution in [0.4, 0.5) is 0 Å². The van der Waals surface area contributed by atoms with Gasteiger partial charge in [-0.05, 0) is 26.0 Å². The summed E-state index contributed by atoms with van der Waals surface area (Å²) in [7, 11) is 0. The van der Waals surface area contributed by atoms with Crippen molar-refractivity contribution in [1.29, 1.82) is 0 Å². The summed E-state index contributed by atoms with van der Waals surface area (Å²) in [6.07, 6.45) is -0.816. The summed E-state index contributed by atoms with van der Waals surface area (Å²) in [5, 5.41) is 15.7. The highest BCUT2D eigenvalue weighted by molar-refractivity contribution is 6.21. The number of benzene rings is 1. The zero-order valence-electron chi connectivity index (χ0n) is 13.1. The third-order valence-corrected chi connectivity index (χ3v) is 4.45. The largest absolute Gasteiger partial charge is 0.376 e. The molecule has 0 saturated carbocycles. The van der Waals surface area contributed by atoms with Crippen LogP contribution in [0.2, 0.25) is 0 Å². The third kappa shape index (κ3) is 2.08. The van der Waals surface area contributed by atoms with E-state index >= 15 is 0 Å². The van der Waals surface area contributed by atoms with E-state index in [0.717, 1.165) is 27.9 Å². The number of aliphatic hydroxyl groups is 1. The van der Waals surface area contributed by atoms with Gasteiger partial charge in [-0.2, -0.15) is 5.10 Å². The molecule has 7 nitrogen and oxygen atoms in total. The van der Waals surface area contributed by atoms with Crippen LogP contribution in [-0.2, 0) is 6.54 Å². The number of hydrogen-bond donors (Lipinski definition) is 4. The smallest absolute Gasteiger partial charge is 0.272 e. The first-order chi connectivity index (χ1) is 10.9. The lowest BCUT2D eigenvalue weighted by atomic mass is 9.96. The molecule has 0 aliphatic carbocycles. The Balaban J connectivity index is 1.89. The Hall–Kier alpha value is -2.22. The number of nitrogens with one attached hydrogen (secondary N) is 2. The van der Waals surface area contributed by atoms with Crippen molar-refractivity contribution >= 4 is 22.5 Å². The molecule has 0 spiro atoms. The van der Waals surface area contributed by atoms with Crippen LogP contribution in [0.5, 0.6) is 0 Å². The molecule has 2 aromatic rings. The van der Waals surface area contributed by atoms with E-state index in [1.807, 2.05) is 17.0 Å². The molecule has 2 aliphatic heterocycles. The van der Waals surface area contributed by atoms with E-state index in [0.29, 0.717) is 18.7 Å². The lowest BCUT2D eigenvalue weighted by molar-refractivity contribution is -0.0400. The average molecular weight is 313 g/mol. The topological polar surface area (TPSA) is 107 Å². The summed E-state index contributed by atoms with van der Waals surface area (Å²) in [5.41, 5.74) is 12.0.